The van der Waals surface area contributed by atoms with Gasteiger partial charge in [0.15, 0.2) is 0 Å². The molecule has 5 heteroatoms. The number of methoxy groups -OCH3 is 1. The first-order valence-corrected chi connectivity index (χ1v) is 9.88. The monoisotopic (exact) mass is 392 g/mol. The molecule has 1 amide bonds. The van der Waals surface area contributed by atoms with Gasteiger partial charge in [0.1, 0.15) is 12.4 Å². The molecule has 1 heterocycles. The number of fused-ring (bicyclic) bond motifs is 1. The molecule has 0 saturated heterocycles. The number of carbonyl (C=O) groups excluding carboxylic acids is 1. The van der Waals surface area contributed by atoms with Crippen LogP contribution in [0, 0.1) is 5.92 Å². The average Bonchev–Trinajstić information content (AvgIpc) is 3.14. The van der Waals surface area contributed by atoms with Crippen molar-refractivity contribution in [3.8, 4) is 5.75 Å². The molecule has 0 aromatic heterocycles. The lowest BCUT2D eigenvalue weighted by atomic mass is 9.96. The number of hydrogen-bond donors (Lipinski definition) is 1. The van der Waals surface area contributed by atoms with Gasteiger partial charge < -0.3 is 14.8 Å². The van der Waals surface area contributed by atoms with Crippen molar-refractivity contribution in [2.75, 3.05) is 7.11 Å². The first kappa shape index (κ1) is 20.6. The summed E-state index contributed by atoms with van der Waals surface area (Å²) >= 11 is 0. The predicted molar refractivity (Wildman–Crippen MR) is 117 cm³/mol. The minimum absolute atomic E-state index is 0.177. The molecule has 0 saturated carbocycles. The number of carbonyl (C=O) groups is 1. The molecule has 0 spiro atoms. The number of ether oxygens (including phenoxy) is 2. The largest absolute Gasteiger partial charge is 0.496 e. The van der Waals surface area contributed by atoms with Crippen LogP contribution in [0.1, 0.15) is 37.0 Å². The Bertz CT molecular complexity index is 904. The Labute approximate surface area is 172 Å². The number of amides is 1. The predicted octanol–water partition coefficient (Wildman–Crippen LogP) is 5.31. The van der Waals surface area contributed by atoms with E-state index in [1.807, 2.05) is 36.4 Å². The fourth-order valence-corrected chi connectivity index (χ4v) is 3.46. The first-order chi connectivity index (χ1) is 14.0. The lowest BCUT2D eigenvalue weighted by Gasteiger charge is -2.20. The van der Waals surface area contributed by atoms with Crippen LogP contribution in [-0.4, -0.2) is 25.0 Å². The third-order valence-electron chi connectivity index (χ3n) is 4.90. The van der Waals surface area contributed by atoms with E-state index < -0.39 is 6.09 Å². The Morgan fingerprint density at radius 2 is 2.03 bits per heavy atom. The second-order valence-corrected chi connectivity index (χ2v) is 7.60. The molecule has 152 valence electrons. The van der Waals surface area contributed by atoms with E-state index in [1.54, 1.807) is 13.2 Å². The molecule has 0 fully saturated rings. The van der Waals surface area contributed by atoms with Crippen LogP contribution >= 0.6 is 0 Å². The minimum atomic E-state index is -0.428. The Morgan fingerprint density at radius 3 is 2.69 bits per heavy atom. The Hall–Kier alpha value is -3.08. The highest BCUT2D eigenvalue weighted by Crippen LogP contribution is 2.35. The topological polar surface area (TPSA) is 59.9 Å². The molecule has 0 bridgehead atoms. The van der Waals surface area contributed by atoms with Gasteiger partial charge >= 0.3 is 6.09 Å². The van der Waals surface area contributed by atoms with Crippen LogP contribution in [-0.2, 0) is 17.8 Å². The second-order valence-electron chi connectivity index (χ2n) is 7.60. The van der Waals surface area contributed by atoms with E-state index in [0.29, 0.717) is 12.3 Å². The summed E-state index contributed by atoms with van der Waals surface area (Å²) in [5.74, 6) is 1.15. The maximum atomic E-state index is 12.4. The fourth-order valence-electron chi connectivity index (χ4n) is 3.46. The van der Waals surface area contributed by atoms with Gasteiger partial charge in [-0.1, -0.05) is 56.8 Å². The SMILES string of the molecule is C=Cc1cc2c(cc1OC)N=C([C@@H](CC(C)C)NC(=O)OCc1ccccc1)C2. The Kier molecular flexibility index (Phi) is 6.70. The highest BCUT2D eigenvalue weighted by molar-refractivity contribution is 5.99. The third-order valence-corrected chi connectivity index (χ3v) is 4.90. The number of rotatable bonds is 8. The summed E-state index contributed by atoms with van der Waals surface area (Å²) in [5.41, 5.74) is 4.84. The van der Waals surface area contributed by atoms with E-state index in [9.17, 15) is 4.79 Å². The van der Waals surface area contributed by atoms with Crippen LogP contribution in [0.25, 0.3) is 6.08 Å². The van der Waals surface area contributed by atoms with Gasteiger partial charge in [0.25, 0.3) is 0 Å². The number of hydrogen-bond acceptors (Lipinski definition) is 4. The third kappa shape index (κ3) is 5.25. The van der Waals surface area contributed by atoms with Crippen LogP contribution in [0.15, 0.2) is 54.0 Å². The summed E-state index contributed by atoms with van der Waals surface area (Å²) in [4.78, 5) is 17.2. The molecular formula is C24H28N2O3. The highest BCUT2D eigenvalue weighted by Gasteiger charge is 2.26. The molecule has 1 atom stereocenters. The number of nitrogens with zero attached hydrogens (tertiary/aromatic N) is 1. The number of alkyl carbamates (subject to hydrolysis) is 1. The van der Waals surface area contributed by atoms with E-state index in [2.05, 4.69) is 31.8 Å². The lowest BCUT2D eigenvalue weighted by molar-refractivity contribution is 0.137. The quantitative estimate of drug-likeness (QED) is 0.662. The van der Waals surface area contributed by atoms with E-state index in [4.69, 9.17) is 14.5 Å². The maximum Gasteiger partial charge on any atom is 0.407 e. The summed E-state index contributed by atoms with van der Waals surface area (Å²) in [6, 6.07) is 13.5. The van der Waals surface area contributed by atoms with E-state index in [0.717, 1.165) is 40.3 Å². The van der Waals surface area contributed by atoms with E-state index in [1.165, 1.54) is 0 Å². The zero-order valence-electron chi connectivity index (χ0n) is 17.3. The summed E-state index contributed by atoms with van der Waals surface area (Å²) in [5, 5.41) is 3.01. The van der Waals surface area contributed by atoms with Gasteiger partial charge in [-0.3, -0.25) is 4.99 Å². The minimum Gasteiger partial charge on any atom is -0.496 e. The molecule has 0 radical (unpaired) electrons. The molecule has 1 aliphatic heterocycles. The summed E-state index contributed by atoms with van der Waals surface area (Å²) in [6.07, 6.45) is 2.83. The Morgan fingerprint density at radius 1 is 1.28 bits per heavy atom. The molecular weight excluding hydrogens is 364 g/mol. The van der Waals surface area contributed by atoms with E-state index in [-0.39, 0.29) is 12.6 Å². The van der Waals surface area contributed by atoms with Crippen molar-refractivity contribution in [2.45, 2.75) is 39.3 Å². The first-order valence-electron chi connectivity index (χ1n) is 9.88. The van der Waals surface area contributed by atoms with Crippen LogP contribution < -0.4 is 10.1 Å². The summed E-state index contributed by atoms with van der Waals surface area (Å²) in [7, 11) is 1.64. The normalized spacial score (nSPS) is 13.4. The second kappa shape index (κ2) is 9.41. The van der Waals surface area contributed by atoms with Gasteiger partial charge in [-0.15, -0.1) is 0 Å². The van der Waals surface area contributed by atoms with Crippen molar-refractivity contribution in [2.24, 2.45) is 10.9 Å². The average molecular weight is 392 g/mol. The Balaban J connectivity index is 1.71. The van der Waals surface area contributed by atoms with E-state index >= 15 is 0 Å². The van der Waals surface area contributed by atoms with Gasteiger partial charge in [-0.25, -0.2) is 4.79 Å². The molecule has 5 nitrogen and oxygen atoms in total. The zero-order chi connectivity index (χ0) is 20.8. The van der Waals surface area contributed by atoms with Gasteiger partial charge in [-0.2, -0.15) is 0 Å². The van der Waals surface area contributed by atoms with Gasteiger partial charge in [-0.05, 0) is 29.5 Å². The molecule has 0 aliphatic carbocycles. The molecule has 2 aromatic rings. The standard InChI is InChI=1S/C24H28N2O3/c1-5-18-12-19-13-22(25-20(19)14-23(18)28-4)21(11-16(2)3)26-24(27)29-15-17-9-7-6-8-10-17/h5-10,12,14,16,21H,1,11,13,15H2,2-4H3,(H,26,27)/t21-/m1/s1. The number of benzene rings is 2. The van der Waals surface area contributed by atoms with Crippen molar-refractivity contribution in [3.63, 3.8) is 0 Å². The highest BCUT2D eigenvalue weighted by atomic mass is 16.5. The number of nitrogens with one attached hydrogen (secondary N) is 1. The molecule has 0 unspecified atom stereocenters. The molecule has 2 aromatic carbocycles. The number of aliphatic imine (C=N–C) groups is 1. The van der Waals surface area contributed by atoms with Gasteiger partial charge in [0, 0.05) is 23.8 Å². The molecule has 3 rings (SSSR count). The molecule has 1 aliphatic rings. The zero-order valence-corrected chi connectivity index (χ0v) is 17.3. The van der Waals surface area contributed by atoms with Crippen molar-refractivity contribution in [1.82, 2.24) is 5.32 Å². The van der Waals surface area contributed by atoms with Crippen LogP contribution in [0.2, 0.25) is 0 Å². The maximum absolute atomic E-state index is 12.4. The van der Waals surface area contributed by atoms with Crippen molar-refractivity contribution in [3.05, 3.63) is 65.7 Å². The lowest BCUT2D eigenvalue weighted by Crippen LogP contribution is -2.42. The van der Waals surface area contributed by atoms with Crippen molar-refractivity contribution < 1.29 is 14.3 Å². The summed E-state index contributed by atoms with van der Waals surface area (Å²) < 4.78 is 10.8. The molecule has 1 N–H and O–H groups in total. The van der Waals surface area contributed by atoms with Gasteiger partial charge in [0.05, 0.1) is 18.8 Å². The van der Waals surface area contributed by atoms with Crippen molar-refractivity contribution in [1.29, 1.82) is 0 Å². The van der Waals surface area contributed by atoms with Crippen LogP contribution in [0.5, 0.6) is 5.75 Å². The van der Waals surface area contributed by atoms with Crippen LogP contribution in [0.3, 0.4) is 0 Å². The fraction of sp³-hybridized carbons (Fsp3) is 0.333. The van der Waals surface area contributed by atoms with Crippen LogP contribution in [0.4, 0.5) is 10.5 Å². The smallest absolute Gasteiger partial charge is 0.407 e. The van der Waals surface area contributed by atoms with Gasteiger partial charge in [0.2, 0.25) is 0 Å². The van der Waals surface area contributed by atoms with Crippen molar-refractivity contribution >= 4 is 23.6 Å². The molecule has 29 heavy (non-hydrogen) atoms. The summed E-state index contributed by atoms with van der Waals surface area (Å²) in [6.45, 7) is 8.36.